The van der Waals surface area contributed by atoms with Crippen molar-refractivity contribution in [3.63, 3.8) is 0 Å². The predicted octanol–water partition coefficient (Wildman–Crippen LogP) is 3.28. The maximum absolute atomic E-state index is 5.40. The Kier molecular flexibility index (Phi) is 10.8. The molecule has 5 nitrogen and oxygen atoms in total. The van der Waals surface area contributed by atoms with Gasteiger partial charge in [0.05, 0.1) is 7.11 Å². The average molecular weight is 482 g/mol. The Labute approximate surface area is 180 Å². The fraction of sp³-hybridized carbons (Fsp3) is 0.381. The molecule has 0 aliphatic heterocycles. The molecule has 0 saturated heterocycles. The van der Waals surface area contributed by atoms with Crippen molar-refractivity contribution < 1.29 is 4.74 Å². The zero-order chi connectivity index (χ0) is 18.8. The van der Waals surface area contributed by atoms with E-state index in [4.69, 9.17) is 4.74 Å². The highest BCUT2D eigenvalue weighted by molar-refractivity contribution is 14.0. The van der Waals surface area contributed by atoms with Crippen LogP contribution >= 0.6 is 24.0 Å². The minimum atomic E-state index is 0. The minimum absolute atomic E-state index is 0. The highest BCUT2D eigenvalue weighted by atomic mass is 127. The molecule has 0 spiro atoms. The number of ether oxygens (including phenoxy) is 1. The summed E-state index contributed by atoms with van der Waals surface area (Å²) in [6.45, 7) is 2.47. The van der Waals surface area contributed by atoms with Gasteiger partial charge >= 0.3 is 0 Å². The number of aliphatic imine (C=N–C) groups is 1. The largest absolute Gasteiger partial charge is 0.496 e. The summed E-state index contributed by atoms with van der Waals surface area (Å²) in [5, 5.41) is 6.78. The van der Waals surface area contributed by atoms with E-state index >= 15 is 0 Å². The third-order valence-electron chi connectivity index (χ3n) is 4.15. The Morgan fingerprint density at radius 1 is 0.963 bits per heavy atom. The van der Waals surface area contributed by atoms with Gasteiger partial charge in [-0.05, 0) is 43.3 Å². The first-order chi connectivity index (χ1) is 12.6. The summed E-state index contributed by atoms with van der Waals surface area (Å²) in [7, 11) is 7.67. The summed E-state index contributed by atoms with van der Waals surface area (Å²) in [4.78, 5) is 6.50. The Morgan fingerprint density at radius 2 is 1.59 bits per heavy atom. The van der Waals surface area contributed by atoms with E-state index in [1.165, 1.54) is 16.7 Å². The van der Waals surface area contributed by atoms with Crippen LogP contribution in [0.3, 0.4) is 0 Å². The predicted molar refractivity (Wildman–Crippen MR) is 124 cm³/mol. The lowest BCUT2D eigenvalue weighted by Crippen LogP contribution is -2.38. The third-order valence-corrected chi connectivity index (χ3v) is 4.15. The zero-order valence-corrected chi connectivity index (χ0v) is 19.0. The van der Waals surface area contributed by atoms with Crippen LogP contribution in [0.4, 0.5) is 0 Å². The second-order valence-corrected chi connectivity index (χ2v) is 6.42. The van der Waals surface area contributed by atoms with Gasteiger partial charge in [-0.1, -0.05) is 42.5 Å². The van der Waals surface area contributed by atoms with Crippen molar-refractivity contribution in [2.24, 2.45) is 4.99 Å². The number of nitrogens with zero attached hydrogens (tertiary/aromatic N) is 2. The van der Waals surface area contributed by atoms with Crippen molar-refractivity contribution in [2.75, 3.05) is 34.8 Å². The Hall–Kier alpha value is -1.80. The highest BCUT2D eigenvalue weighted by Crippen LogP contribution is 2.17. The number of hydrogen-bond donors (Lipinski definition) is 2. The molecule has 148 valence electrons. The lowest BCUT2D eigenvalue weighted by Gasteiger charge is -2.16. The topological polar surface area (TPSA) is 48.9 Å². The van der Waals surface area contributed by atoms with Crippen molar-refractivity contribution in [1.82, 2.24) is 15.5 Å². The van der Waals surface area contributed by atoms with E-state index in [2.05, 4.69) is 65.0 Å². The first-order valence-electron chi connectivity index (χ1n) is 8.92. The van der Waals surface area contributed by atoms with Crippen LogP contribution in [0.2, 0.25) is 0 Å². The normalized spacial score (nSPS) is 11.1. The van der Waals surface area contributed by atoms with Crippen LogP contribution in [-0.2, 0) is 19.5 Å². The van der Waals surface area contributed by atoms with E-state index < -0.39 is 0 Å². The number of nitrogens with one attached hydrogen (secondary N) is 2. The van der Waals surface area contributed by atoms with Gasteiger partial charge in [0.25, 0.3) is 0 Å². The Bertz CT molecular complexity index is 719. The van der Waals surface area contributed by atoms with Crippen LogP contribution in [0.1, 0.15) is 16.7 Å². The van der Waals surface area contributed by atoms with Gasteiger partial charge < -0.3 is 20.3 Å². The van der Waals surface area contributed by atoms with E-state index in [9.17, 15) is 0 Å². The molecule has 27 heavy (non-hydrogen) atoms. The summed E-state index contributed by atoms with van der Waals surface area (Å²) >= 11 is 0. The lowest BCUT2D eigenvalue weighted by molar-refractivity contribution is 0.400. The van der Waals surface area contributed by atoms with Crippen LogP contribution in [-0.4, -0.2) is 45.7 Å². The van der Waals surface area contributed by atoms with Crippen molar-refractivity contribution in [1.29, 1.82) is 0 Å². The van der Waals surface area contributed by atoms with Gasteiger partial charge in [-0.15, -0.1) is 24.0 Å². The van der Waals surface area contributed by atoms with Gasteiger partial charge in [0, 0.05) is 26.7 Å². The zero-order valence-electron chi connectivity index (χ0n) is 16.7. The Balaban J connectivity index is 0.00000364. The van der Waals surface area contributed by atoms with E-state index in [0.29, 0.717) is 0 Å². The molecule has 0 heterocycles. The molecule has 0 aliphatic rings. The molecule has 0 aromatic heterocycles. The molecule has 0 bridgehead atoms. The molecule has 2 N–H and O–H groups in total. The van der Waals surface area contributed by atoms with E-state index in [-0.39, 0.29) is 24.0 Å². The van der Waals surface area contributed by atoms with Crippen molar-refractivity contribution in [3.8, 4) is 5.75 Å². The molecule has 2 aromatic carbocycles. The quantitative estimate of drug-likeness (QED) is 0.345. The molecule has 0 saturated carbocycles. The summed E-state index contributed by atoms with van der Waals surface area (Å²) in [5.41, 5.74) is 3.80. The molecular weight excluding hydrogens is 451 g/mol. The van der Waals surface area contributed by atoms with Gasteiger partial charge in [0.2, 0.25) is 0 Å². The standard InChI is InChI=1S/C21H30N4O.HI/c1-22-21(23-14-13-17-9-7-8-12-20(17)26-4)24-15-18-10-5-6-11-19(18)16-25(2)3;/h5-12H,13-16H2,1-4H3,(H2,22,23,24);1H. The van der Waals surface area contributed by atoms with Gasteiger partial charge in [0.1, 0.15) is 5.75 Å². The molecule has 0 atom stereocenters. The molecule has 0 aliphatic carbocycles. The van der Waals surface area contributed by atoms with Crippen molar-refractivity contribution in [2.45, 2.75) is 19.5 Å². The molecule has 0 unspecified atom stereocenters. The van der Waals surface area contributed by atoms with Crippen LogP contribution in [0.25, 0.3) is 0 Å². The fourth-order valence-electron chi connectivity index (χ4n) is 2.85. The average Bonchev–Trinajstić information content (AvgIpc) is 2.65. The van der Waals surface area contributed by atoms with Crippen LogP contribution < -0.4 is 15.4 Å². The highest BCUT2D eigenvalue weighted by Gasteiger charge is 2.05. The molecule has 0 radical (unpaired) electrons. The second-order valence-electron chi connectivity index (χ2n) is 6.42. The number of guanidine groups is 1. The number of rotatable bonds is 8. The monoisotopic (exact) mass is 482 g/mol. The molecule has 6 heteroatoms. The lowest BCUT2D eigenvalue weighted by atomic mass is 10.1. The first kappa shape index (κ1) is 23.2. The van der Waals surface area contributed by atoms with E-state index in [1.54, 1.807) is 14.2 Å². The molecule has 2 aromatic rings. The number of para-hydroxylation sites is 1. The van der Waals surface area contributed by atoms with Gasteiger partial charge in [0.15, 0.2) is 5.96 Å². The smallest absolute Gasteiger partial charge is 0.191 e. The fourth-order valence-corrected chi connectivity index (χ4v) is 2.85. The summed E-state index contributed by atoms with van der Waals surface area (Å²) in [6, 6.07) is 16.6. The van der Waals surface area contributed by atoms with E-state index in [0.717, 1.165) is 37.8 Å². The Morgan fingerprint density at radius 3 is 2.22 bits per heavy atom. The minimum Gasteiger partial charge on any atom is -0.496 e. The van der Waals surface area contributed by atoms with Gasteiger partial charge in [-0.25, -0.2) is 0 Å². The first-order valence-corrected chi connectivity index (χ1v) is 8.92. The number of benzene rings is 2. The summed E-state index contributed by atoms with van der Waals surface area (Å²) < 4.78 is 5.40. The molecule has 2 rings (SSSR count). The van der Waals surface area contributed by atoms with Crippen molar-refractivity contribution in [3.05, 3.63) is 65.2 Å². The van der Waals surface area contributed by atoms with Crippen molar-refractivity contribution >= 4 is 29.9 Å². The van der Waals surface area contributed by atoms with Crippen LogP contribution in [0.15, 0.2) is 53.5 Å². The van der Waals surface area contributed by atoms with Crippen LogP contribution in [0, 0.1) is 0 Å². The van der Waals surface area contributed by atoms with E-state index in [1.807, 2.05) is 18.2 Å². The van der Waals surface area contributed by atoms with Gasteiger partial charge in [-0.3, -0.25) is 4.99 Å². The molecular formula is C21H31IN4O. The SMILES string of the molecule is CN=C(NCCc1ccccc1OC)NCc1ccccc1CN(C)C.I. The third kappa shape index (κ3) is 7.76. The summed E-state index contributed by atoms with van der Waals surface area (Å²) in [6.07, 6.45) is 0.877. The number of methoxy groups -OCH3 is 1. The second kappa shape index (κ2) is 12.6. The summed E-state index contributed by atoms with van der Waals surface area (Å²) in [5.74, 6) is 1.73. The molecule has 0 amide bonds. The van der Waals surface area contributed by atoms with Gasteiger partial charge in [-0.2, -0.15) is 0 Å². The number of hydrogen-bond acceptors (Lipinski definition) is 3. The maximum Gasteiger partial charge on any atom is 0.191 e. The number of halogens is 1. The molecule has 0 fully saturated rings. The van der Waals surface area contributed by atoms with Crippen LogP contribution in [0.5, 0.6) is 5.75 Å². The maximum atomic E-state index is 5.40.